The van der Waals surface area contributed by atoms with Crippen molar-refractivity contribution in [3.8, 4) is 0 Å². The van der Waals surface area contributed by atoms with E-state index in [-0.39, 0.29) is 23.0 Å². The lowest BCUT2D eigenvalue weighted by molar-refractivity contribution is -0.113. The maximum absolute atomic E-state index is 12.2. The van der Waals surface area contributed by atoms with Crippen molar-refractivity contribution < 1.29 is 4.79 Å². The molecule has 0 aliphatic rings. The van der Waals surface area contributed by atoms with Crippen LogP contribution in [-0.4, -0.2) is 21.6 Å². The van der Waals surface area contributed by atoms with Crippen molar-refractivity contribution in [2.45, 2.75) is 31.8 Å². The van der Waals surface area contributed by atoms with Crippen LogP contribution in [0.3, 0.4) is 0 Å². The van der Waals surface area contributed by atoms with Gasteiger partial charge in [-0.1, -0.05) is 43.8 Å². The molecular weight excluding hydrogens is 312 g/mol. The average Bonchev–Trinajstić information content (AvgIpc) is 2.46. The molecule has 0 aliphatic carbocycles. The van der Waals surface area contributed by atoms with Crippen molar-refractivity contribution in [2.75, 3.05) is 16.8 Å². The van der Waals surface area contributed by atoms with Gasteiger partial charge in [0.05, 0.1) is 5.75 Å². The fraction of sp³-hybridized carbons (Fsp3) is 0.312. The summed E-state index contributed by atoms with van der Waals surface area (Å²) in [5.74, 6) is 0.428. The maximum Gasteiger partial charge on any atom is 0.253 e. The lowest BCUT2D eigenvalue weighted by Gasteiger charge is -2.16. The van der Waals surface area contributed by atoms with Gasteiger partial charge >= 0.3 is 0 Å². The van der Waals surface area contributed by atoms with Gasteiger partial charge in [-0.25, -0.2) is 4.98 Å². The summed E-state index contributed by atoms with van der Waals surface area (Å²) in [6, 6.07) is 7.16. The third kappa shape index (κ3) is 4.59. The third-order valence-electron chi connectivity index (χ3n) is 3.27. The summed E-state index contributed by atoms with van der Waals surface area (Å²) in [5, 5.41) is 3.28. The van der Waals surface area contributed by atoms with Crippen molar-refractivity contribution in [3.05, 3.63) is 45.7 Å². The number of nitrogen functional groups attached to an aromatic ring is 1. The van der Waals surface area contributed by atoms with E-state index >= 15 is 0 Å². The molecule has 0 saturated heterocycles. The molecule has 1 aromatic heterocycles. The summed E-state index contributed by atoms with van der Waals surface area (Å²) < 4.78 is 0. The average molecular weight is 332 g/mol. The van der Waals surface area contributed by atoms with E-state index in [1.165, 1.54) is 6.07 Å². The number of para-hydroxylation sites is 1. The lowest BCUT2D eigenvalue weighted by Crippen LogP contribution is -2.17. The zero-order valence-corrected chi connectivity index (χ0v) is 14.2. The van der Waals surface area contributed by atoms with Crippen molar-refractivity contribution in [2.24, 2.45) is 0 Å². The molecule has 7 heteroatoms. The number of nitrogens with one attached hydrogen (secondary N) is 2. The first-order valence-electron chi connectivity index (χ1n) is 7.26. The molecule has 1 aromatic carbocycles. The minimum atomic E-state index is -0.332. The number of thioether (sulfide) groups is 1. The predicted octanol–water partition coefficient (Wildman–Crippen LogP) is 2.51. The third-order valence-corrected chi connectivity index (χ3v) is 4.14. The van der Waals surface area contributed by atoms with Crippen molar-refractivity contribution in [1.29, 1.82) is 0 Å². The number of aryl methyl sites for hydroxylation is 1. The van der Waals surface area contributed by atoms with Gasteiger partial charge in [0.25, 0.3) is 5.56 Å². The molecule has 0 fully saturated rings. The molecular formula is C16H20N4O2S. The van der Waals surface area contributed by atoms with Crippen LogP contribution in [0.2, 0.25) is 0 Å². The van der Waals surface area contributed by atoms with E-state index < -0.39 is 0 Å². The maximum atomic E-state index is 12.2. The van der Waals surface area contributed by atoms with Crippen LogP contribution in [0.1, 0.15) is 30.9 Å². The van der Waals surface area contributed by atoms with Crippen LogP contribution in [0.25, 0.3) is 0 Å². The number of carbonyl (C=O) groups excluding carboxylic acids is 1. The molecule has 2 rings (SSSR count). The fourth-order valence-corrected chi connectivity index (χ4v) is 2.86. The van der Waals surface area contributed by atoms with E-state index in [0.29, 0.717) is 11.1 Å². The van der Waals surface area contributed by atoms with Crippen LogP contribution < -0.4 is 16.6 Å². The molecule has 23 heavy (non-hydrogen) atoms. The highest BCUT2D eigenvalue weighted by molar-refractivity contribution is 7.99. The minimum Gasteiger partial charge on any atom is -0.383 e. The Morgan fingerprint density at radius 2 is 2.17 bits per heavy atom. The van der Waals surface area contributed by atoms with Crippen LogP contribution in [0.5, 0.6) is 0 Å². The molecule has 0 unspecified atom stereocenters. The number of rotatable bonds is 5. The Morgan fingerprint density at radius 1 is 1.43 bits per heavy atom. The van der Waals surface area contributed by atoms with Gasteiger partial charge in [0, 0.05) is 11.8 Å². The SMILES string of the molecule is Cc1cccc(C(C)C)c1NC(=O)CSc1nc(N)cc(=O)[nH]1. The van der Waals surface area contributed by atoms with Gasteiger partial charge in [0.15, 0.2) is 5.16 Å². The Morgan fingerprint density at radius 3 is 2.83 bits per heavy atom. The first kappa shape index (κ1) is 17.1. The Bertz CT molecular complexity index is 771. The highest BCUT2D eigenvalue weighted by atomic mass is 32.2. The summed E-state index contributed by atoms with van der Waals surface area (Å²) in [6.07, 6.45) is 0. The molecule has 122 valence electrons. The van der Waals surface area contributed by atoms with Crippen molar-refractivity contribution in [3.63, 3.8) is 0 Å². The number of carbonyl (C=O) groups is 1. The normalized spacial score (nSPS) is 10.8. The number of nitrogens with zero attached hydrogens (tertiary/aromatic N) is 1. The molecule has 0 spiro atoms. The second kappa shape index (κ2) is 7.32. The second-order valence-electron chi connectivity index (χ2n) is 5.51. The smallest absolute Gasteiger partial charge is 0.253 e. The lowest BCUT2D eigenvalue weighted by atomic mass is 9.98. The number of anilines is 2. The van der Waals surface area contributed by atoms with Crippen LogP contribution in [0, 0.1) is 6.92 Å². The van der Waals surface area contributed by atoms with E-state index in [1.54, 1.807) is 0 Å². The van der Waals surface area contributed by atoms with E-state index in [9.17, 15) is 9.59 Å². The molecule has 6 nitrogen and oxygen atoms in total. The van der Waals surface area contributed by atoms with Gasteiger partial charge < -0.3 is 16.0 Å². The quantitative estimate of drug-likeness (QED) is 0.577. The zero-order valence-electron chi connectivity index (χ0n) is 13.3. The Kier molecular flexibility index (Phi) is 5.44. The van der Waals surface area contributed by atoms with Gasteiger partial charge in [-0.15, -0.1) is 0 Å². The summed E-state index contributed by atoms with van der Waals surface area (Å²) in [7, 11) is 0. The van der Waals surface area contributed by atoms with Gasteiger partial charge in [-0.05, 0) is 24.0 Å². The predicted molar refractivity (Wildman–Crippen MR) is 93.9 cm³/mol. The summed E-state index contributed by atoms with van der Waals surface area (Å²) in [6.45, 7) is 6.13. The molecule has 0 atom stereocenters. The molecule has 0 bridgehead atoms. The molecule has 1 heterocycles. The number of nitrogens with two attached hydrogens (primary N) is 1. The number of benzene rings is 1. The topological polar surface area (TPSA) is 101 Å². The number of H-pyrrole nitrogens is 1. The van der Waals surface area contributed by atoms with Crippen LogP contribution in [0.15, 0.2) is 34.2 Å². The number of aromatic amines is 1. The van der Waals surface area contributed by atoms with E-state index in [0.717, 1.165) is 28.6 Å². The number of amides is 1. The summed E-state index contributed by atoms with van der Waals surface area (Å²) in [5.41, 5.74) is 8.15. The summed E-state index contributed by atoms with van der Waals surface area (Å²) in [4.78, 5) is 30.0. The van der Waals surface area contributed by atoms with Gasteiger partial charge in [0.2, 0.25) is 5.91 Å². The van der Waals surface area contributed by atoms with E-state index in [1.807, 2.05) is 25.1 Å². The zero-order chi connectivity index (χ0) is 17.0. The fourth-order valence-electron chi connectivity index (χ4n) is 2.17. The van der Waals surface area contributed by atoms with Crippen LogP contribution >= 0.6 is 11.8 Å². The summed E-state index contributed by atoms with van der Waals surface area (Å²) >= 11 is 1.14. The highest BCUT2D eigenvalue weighted by Gasteiger charge is 2.12. The van der Waals surface area contributed by atoms with E-state index in [4.69, 9.17) is 5.73 Å². The van der Waals surface area contributed by atoms with Gasteiger partial charge in [-0.3, -0.25) is 9.59 Å². The molecule has 1 amide bonds. The molecule has 2 aromatic rings. The molecule has 0 radical (unpaired) electrons. The Hall–Kier alpha value is -2.28. The minimum absolute atomic E-state index is 0.137. The standard InChI is InChI=1S/C16H20N4O2S/c1-9(2)11-6-4-5-10(3)15(11)19-14(22)8-23-16-18-12(17)7-13(21)20-16/h4-7,9H,8H2,1-3H3,(H,19,22)(H3,17,18,20,21). The highest BCUT2D eigenvalue weighted by Crippen LogP contribution is 2.27. The number of hydrogen-bond donors (Lipinski definition) is 3. The number of aromatic nitrogens is 2. The molecule has 0 aliphatic heterocycles. The first-order valence-corrected chi connectivity index (χ1v) is 8.24. The van der Waals surface area contributed by atoms with E-state index in [2.05, 4.69) is 29.1 Å². The first-order chi connectivity index (χ1) is 10.9. The van der Waals surface area contributed by atoms with Crippen LogP contribution in [0.4, 0.5) is 11.5 Å². The Balaban J connectivity index is 2.07. The van der Waals surface area contributed by atoms with Gasteiger partial charge in [0.1, 0.15) is 5.82 Å². The van der Waals surface area contributed by atoms with Crippen LogP contribution in [-0.2, 0) is 4.79 Å². The van der Waals surface area contributed by atoms with Gasteiger partial charge in [-0.2, -0.15) is 0 Å². The Labute approximate surface area is 138 Å². The monoisotopic (exact) mass is 332 g/mol. The molecule has 4 N–H and O–H groups in total. The van der Waals surface area contributed by atoms with Crippen molar-refractivity contribution in [1.82, 2.24) is 9.97 Å². The molecule has 0 saturated carbocycles. The second-order valence-corrected chi connectivity index (χ2v) is 6.47. The number of hydrogen-bond acceptors (Lipinski definition) is 5. The van der Waals surface area contributed by atoms with Crippen molar-refractivity contribution >= 4 is 29.2 Å². The largest absolute Gasteiger partial charge is 0.383 e.